The highest BCUT2D eigenvalue weighted by atomic mass is 16.5. The van der Waals surface area contributed by atoms with Crippen LogP contribution in [-0.2, 0) is 14.3 Å². The highest BCUT2D eigenvalue weighted by Crippen LogP contribution is 2.22. The summed E-state index contributed by atoms with van der Waals surface area (Å²) in [5.41, 5.74) is 1.99. The number of rotatable bonds is 4. The van der Waals surface area contributed by atoms with Crippen molar-refractivity contribution in [3.8, 4) is 0 Å². The second kappa shape index (κ2) is 8.64. The lowest BCUT2D eigenvalue weighted by molar-refractivity contribution is -0.141. The number of anilines is 1. The van der Waals surface area contributed by atoms with Crippen molar-refractivity contribution in [3.05, 3.63) is 29.8 Å². The van der Waals surface area contributed by atoms with Gasteiger partial charge in [-0.3, -0.25) is 14.5 Å². The number of aryl methyl sites for hydroxylation is 1. The zero-order valence-electron chi connectivity index (χ0n) is 15.7. The topological polar surface area (TPSA) is 61.9 Å². The van der Waals surface area contributed by atoms with Crippen molar-refractivity contribution < 1.29 is 14.3 Å². The number of hydrogen-bond acceptors (Lipinski definition) is 4. The maximum absolute atomic E-state index is 12.6. The summed E-state index contributed by atoms with van der Waals surface area (Å²) in [7, 11) is 0. The minimum atomic E-state index is -0.198. The van der Waals surface area contributed by atoms with E-state index in [1.165, 1.54) is 5.56 Å². The molecule has 1 atom stereocenters. The zero-order valence-corrected chi connectivity index (χ0v) is 15.7. The molecule has 0 aromatic heterocycles. The first kappa shape index (κ1) is 18.9. The molecule has 0 saturated carbocycles. The first-order valence-electron chi connectivity index (χ1n) is 9.52. The number of carbonyl (C=O) groups excluding carboxylic acids is 2. The molecule has 2 aliphatic heterocycles. The molecular formula is C20H29N3O3. The van der Waals surface area contributed by atoms with Crippen molar-refractivity contribution in [2.45, 2.75) is 32.7 Å². The molecule has 2 aliphatic rings. The molecular weight excluding hydrogens is 330 g/mol. The molecule has 0 unspecified atom stereocenters. The minimum Gasteiger partial charge on any atom is -0.378 e. The van der Waals surface area contributed by atoms with Crippen LogP contribution in [0.2, 0.25) is 0 Å². The Morgan fingerprint density at radius 3 is 2.31 bits per heavy atom. The number of carbonyl (C=O) groups is 2. The average Bonchev–Trinajstić information content (AvgIpc) is 2.69. The quantitative estimate of drug-likeness (QED) is 0.892. The van der Waals surface area contributed by atoms with Gasteiger partial charge < -0.3 is 15.0 Å². The first-order chi connectivity index (χ1) is 12.5. The van der Waals surface area contributed by atoms with Gasteiger partial charge in [0.15, 0.2) is 0 Å². The molecule has 1 aromatic rings. The summed E-state index contributed by atoms with van der Waals surface area (Å²) >= 11 is 0. The van der Waals surface area contributed by atoms with Crippen LogP contribution in [0.4, 0.5) is 5.69 Å². The van der Waals surface area contributed by atoms with Crippen molar-refractivity contribution in [3.63, 3.8) is 0 Å². The molecule has 1 N–H and O–H groups in total. The van der Waals surface area contributed by atoms with Gasteiger partial charge >= 0.3 is 0 Å². The fourth-order valence-electron chi connectivity index (χ4n) is 3.63. The van der Waals surface area contributed by atoms with Gasteiger partial charge in [-0.05, 0) is 51.9 Å². The lowest BCUT2D eigenvalue weighted by Gasteiger charge is -2.37. The predicted molar refractivity (Wildman–Crippen MR) is 101 cm³/mol. The standard InChI is InChI=1S/C20H29N3O3/c1-15-3-5-18(6-4-15)21-19(24)16(2)22-9-7-17(8-10-22)20(25)23-11-13-26-14-12-23/h3-6,16-17H,7-14H2,1-2H3,(H,21,24)/t16-/m1/s1. The Morgan fingerprint density at radius 2 is 1.69 bits per heavy atom. The van der Waals surface area contributed by atoms with E-state index in [9.17, 15) is 9.59 Å². The summed E-state index contributed by atoms with van der Waals surface area (Å²) in [6.45, 7) is 8.21. The van der Waals surface area contributed by atoms with Crippen molar-refractivity contribution in [2.24, 2.45) is 5.92 Å². The van der Waals surface area contributed by atoms with Gasteiger partial charge in [0.2, 0.25) is 11.8 Å². The number of amides is 2. The van der Waals surface area contributed by atoms with Gasteiger partial charge in [0.25, 0.3) is 0 Å². The van der Waals surface area contributed by atoms with E-state index in [1.807, 2.05) is 43.0 Å². The Kier molecular flexibility index (Phi) is 6.27. The zero-order chi connectivity index (χ0) is 18.5. The fourth-order valence-corrected chi connectivity index (χ4v) is 3.63. The van der Waals surface area contributed by atoms with Gasteiger partial charge in [0, 0.05) is 24.7 Å². The maximum Gasteiger partial charge on any atom is 0.241 e. The van der Waals surface area contributed by atoms with Crippen molar-refractivity contribution in [2.75, 3.05) is 44.7 Å². The van der Waals surface area contributed by atoms with E-state index in [0.717, 1.165) is 31.6 Å². The molecule has 2 saturated heterocycles. The van der Waals surface area contributed by atoms with Gasteiger partial charge in [0.05, 0.1) is 19.3 Å². The second-order valence-electron chi connectivity index (χ2n) is 7.28. The van der Waals surface area contributed by atoms with Crippen LogP contribution >= 0.6 is 0 Å². The van der Waals surface area contributed by atoms with E-state index in [2.05, 4.69) is 10.2 Å². The monoisotopic (exact) mass is 359 g/mol. The molecule has 1 aromatic carbocycles. The van der Waals surface area contributed by atoms with Crippen LogP contribution in [0, 0.1) is 12.8 Å². The molecule has 6 heteroatoms. The van der Waals surface area contributed by atoms with Crippen molar-refractivity contribution in [1.82, 2.24) is 9.80 Å². The van der Waals surface area contributed by atoms with Crippen LogP contribution in [0.1, 0.15) is 25.3 Å². The molecule has 2 amide bonds. The van der Waals surface area contributed by atoms with Crippen molar-refractivity contribution >= 4 is 17.5 Å². The van der Waals surface area contributed by atoms with Gasteiger partial charge in [0.1, 0.15) is 0 Å². The molecule has 0 aliphatic carbocycles. The van der Waals surface area contributed by atoms with Gasteiger partial charge in [-0.25, -0.2) is 0 Å². The lowest BCUT2D eigenvalue weighted by atomic mass is 9.94. The minimum absolute atomic E-state index is 0.00630. The van der Waals surface area contributed by atoms with E-state index in [-0.39, 0.29) is 23.8 Å². The molecule has 0 bridgehead atoms. The Labute approximate surface area is 155 Å². The summed E-state index contributed by atoms with van der Waals surface area (Å²) in [6.07, 6.45) is 1.64. The van der Waals surface area contributed by atoms with Gasteiger partial charge in [-0.15, -0.1) is 0 Å². The van der Waals surface area contributed by atoms with Gasteiger partial charge in [-0.1, -0.05) is 17.7 Å². The smallest absolute Gasteiger partial charge is 0.241 e. The average molecular weight is 359 g/mol. The summed E-state index contributed by atoms with van der Waals surface area (Å²) in [5, 5.41) is 2.98. The number of nitrogens with one attached hydrogen (secondary N) is 1. The Morgan fingerprint density at radius 1 is 1.08 bits per heavy atom. The highest BCUT2D eigenvalue weighted by molar-refractivity contribution is 5.94. The number of piperidine rings is 1. The van der Waals surface area contributed by atoms with Crippen molar-refractivity contribution in [1.29, 1.82) is 0 Å². The first-order valence-corrected chi connectivity index (χ1v) is 9.52. The number of hydrogen-bond donors (Lipinski definition) is 1. The summed E-state index contributed by atoms with van der Waals surface area (Å²) < 4.78 is 5.32. The Balaban J connectivity index is 1.48. The Bertz CT molecular complexity index is 618. The van der Waals surface area contributed by atoms with E-state index in [4.69, 9.17) is 4.74 Å². The third-order valence-electron chi connectivity index (χ3n) is 5.45. The van der Waals surface area contributed by atoms with Crippen LogP contribution in [0.25, 0.3) is 0 Å². The molecule has 2 fully saturated rings. The third-order valence-corrected chi connectivity index (χ3v) is 5.45. The number of benzene rings is 1. The normalized spacial score (nSPS) is 20.6. The van der Waals surface area contributed by atoms with Crippen LogP contribution in [0.3, 0.4) is 0 Å². The number of nitrogens with zero attached hydrogens (tertiary/aromatic N) is 2. The van der Waals surface area contributed by atoms with Crippen LogP contribution in [-0.4, -0.2) is 67.0 Å². The fraction of sp³-hybridized carbons (Fsp3) is 0.600. The predicted octanol–water partition coefficient (Wildman–Crippen LogP) is 1.89. The molecule has 142 valence electrons. The Hall–Kier alpha value is -1.92. The van der Waals surface area contributed by atoms with Crippen LogP contribution in [0.15, 0.2) is 24.3 Å². The third kappa shape index (κ3) is 4.62. The molecule has 0 radical (unpaired) electrons. The molecule has 3 rings (SSSR count). The van der Waals surface area contributed by atoms with E-state index >= 15 is 0 Å². The molecule has 6 nitrogen and oxygen atoms in total. The van der Waals surface area contributed by atoms with E-state index < -0.39 is 0 Å². The number of ether oxygens (including phenoxy) is 1. The summed E-state index contributed by atoms with van der Waals surface area (Å²) in [6, 6.07) is 7.63. The van der Waals surface area contributed by atoms with Crippen LogP contribution < -0.4 is 5.32 Å². The van der Waals surface area contributed by atoms with Gasteiger partial charge in [-0.2, -0.15) is 0 Å². The summed E-state index contributed by atoms with van der Waals surface area (Å²) in [5.74, 6) is 0.341. The molecule has 0 spiro atoms. The maximum atomic E-state index is 12.6. The number of morpholine rings is 1. The second-order valence-corrected chi connectivity index (χ2v) is 7.28. The summed E-state index contributed by atoms with van der Waals surface area (Å²) in [4.78, 5) is 29.2. The highest BCUT2D eigenvalue weighted by Gasteiger charge is 2.32. The molecule has 26 heavy (non-hydrogen) atoms. The number of likely N-dealkylation sites (tertiary alicyclic amines) is 1. The van der Waals surface area contributed by atoms with E-state index in [1.54, 1.807) is 0 Å². The van der Waals surface area contributed by atoms with Crippen LogP contribution in [0.5, 0.6) is 0 Å². The lowest BCUT2D eigenvalue weighted by Crippen LogP contribution is -2.50. The largest absolute Gasteiger partial charge is 0.378 e. The molecule has 2 heterocycles. The SMILES string of the molecule is Cc1ccc(NC(=O)[C@@H](C)N2CCC(C(=O)N3CCOCC3)CC2)cc1. The van der Waals surface area contributed by atoms with E-state index in [0.29, 0.717) is 26.3 Å².